The fraction of sp³-hybridized carbons (Fsp3) is 0.429. The van der Waals surface area contributed by atoms with Gasteiger partial charge in [0.2, 0.25) is 5.91 Å². The van der Waals surface area contributed by atoms with E-state index in [9.17, 15) is 4.79 Å². The number of carbonyl (C=O) groups excluding carboxylic acids is 1. The fourth-order valence-corrected chi connectivity index (χ4v) is 4.12. The van der Waals surface area contributed by atoms with Crippen molar-refractivity contribution in [2.45, 2.75) is 44.6 Å². The maximum absolute atomic E-state index is 12.4. The Balaban J connectivity index is 1.32. The van der Waals surface area contributed by atoms with Gasteiger partial charge in [0.1, 0.15) is 0 Å². The molecule has 1 amide bonds. The topological polar surface area (TPSA) is 45.2 Å². The Kier molecular flexibility index (Phi) is 4.79. The van der Waals surface area contributed by atoms with E-state index in [1.54, 1.807) is 0 Å². The number of aryl methyl sites for hydroxylation is 2. The second-order valence-electron chi connectivity index (χ2n) is 7.08. The number of amides is 1. The number of fused-ring (bicyclic) bond motifs is 1. The van der Waals surface area contributed by atoms with Crippen LogP contribution in [0.2, 0.25) is 0 Å². The van der Waals surface area contributed by atoms with Gasteiger partial charge in [0.25, 0.3) is 0 Å². The summed E-state index contributed by atoms with van der Waals surface area (Å²) < 4.78 is 0. The normalized spacial score (nSPS) is 19.8. The molecule has 130 valence electrons. The molecule has 0 spiro atoms. The highest BCUT2D eigenvalue weighted by Crippen LogP contribution is 2.30. The molecule has 25 heavy (non-hydrogen) atoms. The van der Waals surface area contributed by atoms with Gasteiger partial charge in [-0.1, -0.05) is 12.1 Å². The van der Waals surface area contributed by atoms with Gasteiger partial charge in [-0.15, -0.1) is 0 Å². The van der Waals surface area contributed by atoms with E-state index in [-0.39, 0.29) is 5.91 Å². The van der Waals surface area contributed by atoms with Gasteiger partial charge in [0.15, 0.2) is 0 Å². The second kappa shape index (κ2) is 7.36. The number of benzene rings is 1. The minimum atomic E-state index is 0.101. The number of hydrogen-bond acceptors (Lipinski definition) is 3. The first-order valence-electron chi connectivity index (χ1n) is 9.36. The predicted octanol–water partition coefficient (Wildman–Crippen LogP) is 3.74. The van der Waals surface area contributed by atoms with Gasteiger partial charge in [-0.05, 0) is 74.0 Å². The molecule has 1 fully saturated rings. The number of aromatic nitrogens is 1. The van der Waals surface area contributed by atoms with Crippen LogP contribution in [-0.4, -0.2) is 28.9 Å². The van der Waals surface area contributed by atoms with Crippen LogP contribution in [0.4, 0.5) is 5.69 Å². The maximum atomic E-state index is 12.4. The summed E-state index contributed by atoms with van der Waals surface area (Å²) in [6.07, 6.45) is 8.23. The van der Waals surface area contributed by atoms with Crippen LogP contribution >= 0.6 is 0 Å². The summed E-state index contributed by atoms with van der Waals surface area (Å²) in [6, 6.07) is 12.8. The number of likely N-dealkylation sites (tertiary alicyclic amines) is 1. The van der Waals surface area contributed by atoms with Gasteiger partial charge in [0, 0.05) is 24.8 Å². The smallest absolute Gasteiger partial charge is 0.225 e. The van der Waals surface area contributed by atoms with Crippen LogP contribution in [0.1, 0.15) is 48.5 Å². The molecule has 1 aliphatic heterocycles. The number of anilines is 1. The average Bonchev–Trinajstić information content (AvgIpc) is 3.29. The number of rotatable bonds is 5. The van der Waals surface area contributed by atoms with Crippen molar-refractivity contribution in [3.05, 3.63) is 59.4 Å². The molecule has 1 aromatic heterocycles. The van der Waals surface area contributed by atoms with Crippen LogP contribution in [0.5, 0.6) is 0 Å². The maximum Gasteiger partial charge on any atom is 0.225 e. The molecule has 4 heteroatoms. The molecule has 1 saturated heterocycles. The van der Waals surface area contributed by atoms with Crippen molar-refractivity contribution in [1.82, 2.24) is 9.88 Å². The van der Waals surface area contributed by atoms with E-state index in [1.807, 2.05) is 24.4 Å². The van der Waals surface area contributed by atoms with Gasteiger partial charge < -0.3 is 5.32 Å². The van der Waals surface area contributed by atoms with Crippen LogP contribution < -0.4 is 5.32 Å². The summed E-state index contributed by atoms with van der Waals surface area (Å²) in [7, 11) is 0. The van der Waals surface area contributed by atoms with E-state index in [0.29, 0.717) is 12.5 Å². The number of carbonyl (C=O) groups is 1. The third-order valence-corrected chi connectivity index (χ3v) is 5.40. The molecule has 1 aromatic carbocycles. The summed E-state index contributed by atoms with van der Waals surface area (Å²) in [5.74, 6) is 0.101. The molecule has 1 aliphatic carbocycles. The van der Waals surface area contributed by atoms with Crippen LogP contribution in [0.25, 0.3) is 0 Å². The Morgan fingerprint density at radius 3 is 2.96 bits per heavy atom. The number of nitrogens with one attached hydrogen (secondary N) is 1. The first-order valence-corrected chi connectivity index (χ1v) is 9.36. The molecule has 2 aliphatic rings. The van der Waals surface area contributed by atoms with Crippen molar-refractivity contribution in [1.29, 1.82) is 0 Å². The lowest BCUT2D eigenvalue weighted by Gasteiger charge is -2.23. The third-order valence-electron chi connectivity index (χ3n) is 5.40. The molecular formula is C21H25N3O. The zero-order chi connectivity index (χ0) is 17.1. The van der Waals surface area contributed by atoms with Crippen LogP contribution in [0, 0.1) is 0 Å². The van der Waals surface area contributed by atoms with Gasteiger partial charge >= 0.3 is 0 Å². The number of pyridine rings is 1. The Hall–Kier alpha value is -2.20. The third kappa shape index (κ3) is 3.74. The fourth-order valence-electron chi connectivity index (χ4n) is 4.12. The zero-order valence-electron chi connectivity index (χ0n) is 14.6. The Morgan fingerprint density at radius 1 is 1.16 bits per heavy atom. The van der Waals surface area contributed by atoms with Crippen molar-refractivity contribution in [2.75, 3.05) is 18.4 Å². The summed E-state index contributed by atoms with van der Waals surface area (Å²) in [6.45, 7) is 1.84. The van der Waals surface area contributed by atoms with E-state index in [0.717, 1.165) is 37.3 Å². The van der Waals surface area contributed by atoms with Crippen molar-refractivity contribution in [3.8, 4) is 0 Å². The Labute approximate surface area is 149 Å². The van der Waals surface area contributed by atoms with E-state index in [2.05, 4.69) is 33.4 Å². The average molecular weight is 335 g/mol. The van der Waals surface area contributed by atoms with Crippen LogP contribution in [-0.2, 0) is 17.6 Å². The van der Waals surface area contributed by atoms with Crippen molar-refractivity contribution < 1.29 is 4.79 Å². The molecule has 1 unspecified atom stereocenters. The molecule has 0 saturated carbocycles. The highest BCUT2D eigenvalue weighted by Gasteiger charge is 2.26. The highest BCUT2D eigenvalue weighted by molar-refractivity contribution is 5.91. The first-order chi connectivity index (χ1) is 12.3. The lowest BCUT2D eigenvalue weighted by atomic mass is 10.1. The standard InChI is InChI=1S/C21H25N3O/c25-21(23-18-10-9-16-5-3-6-17(16)15-18)11-14-24-13-4-8-20(24)19-7-1-2-12-22-19/h1-2,7,9-10,12,15,20H,3-6,8,11,13-14H2,(H,23,25). The number of nitrogens with zero attached hydrogens (tertiary/aromatic N) is 2. The zero-order valence-corrected chi connectivity index (χ0v) is 14.6. The Morgan fingerprint density at radius 2 is 2.08 bits per heavy atom. The molecule has 2 heterocycles. The van der Waals surface area contributed by atoms with Gasteiger partial charge in [-0.3, -0.25) is 14.7 Å². The van der Waals surface area contributed by atoms with E-state index >= 15 is 0 Å². The van der Waals surface area contributed by atoms with Crippen LogP contribution in [0.15, 0.2) is 42.6 Å². The minimum Gasteiger partial charge on any atom is -0.326 e. The summed E-state index contributed by atoms with van der Waals surface area (Å²) in [5, 5.41) is 3.07. The van der Waals surface area contributed by atoms with E-state index < -0.39 is 0 Å². The molecule has 1 N–H and O–H groups in total. The van der Waals surface area contributed by atoms with Gasteiger partial charge in [0.05, 0.1) is 11.7 Å². The summed E-state index contributed by atoms with van der Waals surface area (Å²) in [5.41, 5.74) is 4.90. The van der Waals surface area contributed by atoms with E-state index in [4.69, 9.17) is 0 Å². The molecule has 0 radical (unpaired) electrons. The Bertz CT molecular complexity index is 744. The largest absolute Gasteiger partial charge is 0.326 e. The molecule has 4 nitrogen and oxygen atoms in total. The molecule has 2 aromatic rings. The van der Waals surface area contributed by atoms with E-state index in [1.165, 1.54) is 30.4 Å². The molecular weight excluding hydrogens is 310 g/mol. The minimum absolute atomic E-state index is 0.101. The SMILES string of the molecule is O=C(CCN1CCCC1c1ccccn1)Nc1ccc2c(c1)CCC2. The van der Waals surface area contributed by atoms with Crippen molar-refractivity contribution in [3.63, 3.8) is 0 Å². The molecule has 1 atom stereocenters. The molecule has 0 bridgehead atoms. The summed E-state index contributed by atoms with van der Waals surface area (Å²) in [4.78, 5) is 19.2. The lowest BCUT2D eigenvalue weighted by Crippen LogP contribution is -2.28. The highest BCUT2D eigenvalue weighted by atomic mass is 16.1. The molecule has 4 rings (SSSR count). The first kappa shape index (κ1) is 16.3. The van der Waals surface area contributed by atoms with Crippen molar-refractivity contribution >= 4 is 11.6 Å². The lowest BCUT2D eigenvalue weighted by molar-refractivity contribution is -0.116. The second-order valence-corrected chi connectivity index (χ2v) is 7.08. The monoisotopic (exact) mass is 335 g/mol. The van der Waals surface area contributed by atoms with Gasteiger partial charge in [-0.25, -0.2) is 0 Å². The van der Waals surface area contributed by atoms with Crippen molar-refractivity contribution in [2.24, 2.45) is 0 Å². The predicted molar refractivity (Wildman–Crippen MR) is 99.5 cm³/mol. The number of hydrogen-bond donors (Lipinski definition) is 1. The van der Waals surface area contributed by atoms with Crippen LogP contribution in [0.3, 0.4) is 0 Å². The quantitative estimate of drug-likeness (QED) is 0.905. The van der Waals surface area contributed by atoms with Gasteiger partial charge in [-0.2, -0.15) is 0 Å². The summed E-state index contributed by atoms with van der Waals surface area (Å²) >= 11 is 0.